The number of hydrogen-bond donors (Lipinski definition) is 1. The summed E-state index contributed by atoms with van der Waals surface area (Å²) in [5, 5.41) is 3.15. The predicted octanol–water partition coefficient (Wildman–Crippen LogP) is 4.63. The van der Waals surface area contributed by atoms with Gasteiger partial charge in [-0.05, 0) is 94.4 Å². The van der Waals surface area contributed by atoms with E-state index in [0.29, 0.717) is 35.6 Å². The van der Waals surface area contributed by atoms with Crippen molar-refractivity contribution in [2.75, 3.05) is 13.1 Å². The van der Waals surface area contributed by atoms with Crippen LogP contribution in [0, 0.1) is 6.92 Å². The van der Waals surface area contributed by atoms with Gasteiger partial charge in [0.15, 0.2) is 0 Å². The number of amides is 1. The van der Waals surface area contributed by atoms with Crippen LogP contribution in [0.4, 0.5) is 0 Å². The molecule has 1 aliphatic heterocycles. The van der Waals surface area contributed by atoms with Crippen molar-refractivity contribution in [3.63, 3.8) is 0 Å². The molecule has 1 unspecified atom stereocenters. The largest absolute Gasteiger partial charge is 0.441 e. The van der Waals surface area contributed by atoms with E-state index in [-0.39, 0.29) is 11.2 Å². The Kier molecular flexibility index (Phi) is 7.92. The standard InChI is InChI=1S/C28H34N4O3S/c1-20-26(19-36(34)25-12-10-24(11-13-25)32-15-2-3-16-32)31-28(35-20)23-8-6-22(7-9-23)27(33)30-18-21-5-4-14-29-17-21/h4-9,14,17,24-25H,2-3,10-13,15-16,18-19H2,1H3,(H,30,33). The van der Waals surface area contributed by atoms with Crippen molar-refractivity contribution < 1.29 is 13.4 Å². The maximum Gasteiger partial charge on any atom is 0.251 e. The summed E-state index contributed by atoms with van der Waals surface area (Å²) in [4.78, 5) is 23.8. The fourth-order valence-electron chi connectivity index (χ4n) is 5.27. The van der Waals surface area contributed by atoms with Gasteiger partial charge < -0.3 is 14.6 Å². The molecule has 1 atom stereocenters. The van der Waals surface area contributed by atoms with Crippen molar-refractivity contribution in [2.45, 2.75) is 69.0 Å². The van der Waals surface area contributed by atoms with E-state index in [1.807, 2.05) is 31.2 Å². The van der Waals surface area contributed by atoms with Crippen LogP contribution in [0.1, 0.15) is 65.9 Å². The lowest BCUT2D eigenvalue weighted by Crippen LogP contribution is -2.38. The minimum absolute atomic E-state index is 0.149. The average molecular weight is 507 g/mol. The molecule has 5 rings (SSSR count). The molecular weight excluding hydrogens is 472 g/mol. The van der Waals surface area contributed by atoms with Crippen molar-refractivity contribution in [1.82, 2.24) is 20.2 Å². The van der Waals surface area contributed by atoms with Crippen molar-refractivity contribution in [3.05, 3.63) is 71.4 Å². The molecular formula is C28H34N4O3S. The van der Waals surface area contributed by atoms with Crippen molar-refractivity contribution >= 4 is 16.7 Å². The zero-order valence-corrected chi connectivity index (χ0v) is 21.6. The SMILES string of the molecule is Cc1oc(-c2ccc(C(=O)NCc3cccnc3)cc2)nc1CS(=O)C1CCC(N2CCCC2)CC1. The number of oxazole rings is 1. The lowest BCUT2D eigenvalue weighted by Gasteiger charge is -2.34. The first kappa shape index (κ1) is 24.8. The lowest BCUT2D eigenvalue weighted by molar-refractivity contribution is 0.0951. The van der Waals surface area contributed by atoms with Crippen LogP contribution in [-0.2, 0) is 23.1 Å². The second-order valence-electron chi connectivity index (χ2n) is 9.84. The van der Waals surface area contributed by atoms with Gasteiger partial charge in [0.1, 0.15) is 5.76 Å². The second kappa shape index (κ2) is 11.5. The number of hydrogen-bond acceptors (Lipinski definition) is 6. The Morgan fingerprint density at radius 3 is 2.56 bits per heavy atom. The van der Waals surface area contributed by atoms with E-state index in [2.05, 4.69) is 20.2 Å². The molecule has 1 aromatic carbocycles. The van der Waals surface area contributed by atoms with Crippen molar-refractivity contribution in [3.8, 4) is 11.5 Å². The number of nitrogens with zero attached hydrogens (tertiary/aromatic N) is 3. The maximum absolute atomic E-state index is 13.1. The molecule has 2 fully saturated rings. The highest BCUT2D eigenvalue weighted by molar-refractivity contribution is 7.84. The van der Waals surface area contributed by atoms with E-state index in [9.17, 15) is 9.00 Å². The minimum Gasteiger partial charge on any atom is -0.441 e. The molecule has 1 saturated carbocycles. The Morgan fingerprint density at radius 2 is 1.86 bits per heavy atom. The molecule has 8 heteroatoms. The van der Waals surface area contributed by atoms with Gasteiger partial charge >= 0.3 is 0 Å². The monoisotopic (exact) mass is 506 g/mol. The summed E-state index contributed by atoms with van der Waals surface area (Å²) < 4.78 is 19.1. The first-order valence-corrected chi connectivity index (χ1v) is 14.3. The summed E-state index contributed by atoms with van der Waals surface area (Å²) >= 11 is 0. The van der Waals surface area contributed by atoms with Crippen LogP contribution >= 0.6 is 0 Å². The topological polar surface area (TPSA) is 88.3 Å². The van der Waals surface area contributed by atoms with Crippen LogP contribution in [0.3, 0.4) is 0 Å². The third kappa shape index (κ3) is 5.93. The summed E-state index contributed by atoms with van der Waals surface area (Å²) in [6, 6.07) is 11.7. The number of carbonyl (C=O) groups excluding carboxylic acids is 1. The van der Waals surface area contributed by atoms with Gasteiger partial charge in [0.05, 0.1) is 11.4 Å². The fourth-order valence-corrected chi connectivity index (χ4v) is 6.84. The quantitative estimate of drug-likeness (QED) is 0.479. The normalized spacial score (nSPS) is 21.4. The van der Waals surface area contributed by atoms with Crippen LogP contribution in [0.15, 0.2) is 53.2 Å². The van der Waals surface area contributed by atoms with Crippen LogP contribution < -0.4 is 5.32 Å². The molecule has 1 amide bonds. The molecule has 0 radical (unpaired) electrons. The first-order valence-electron chi connectivity index (χ1n) is 12.9. The van der Waals surface area contributed by atoms with Gasteiger partial charge in [-0.3, -0.25) is 14.0 Å². The van der Waals surface area contributed by atoms with Crippen LogP contribution in [0.25, 0.3) is 11.5 Å². The number of carbonyl (C=O) groups is 1. The summed E-state index contributed by atoms with van der Waals surface area (Å²) in [7, 11) is -0.954. The van der Waals surface area contributed by atoms with Crippen LogP contribution in [-0.4, -0.2) is 49.4 Å². The number of benzene rings is 1. The molecule has 3 heterocycles. The Balaban J connectivity index is 1.16. The summed E-state index contributed by atoms with van der Waals surface area (Å²) in [5.74, 6) is 1.50. The van der Waals surface area contributed by atoms with Gasteiger partial charge in [0.25, 0.3) is 5.91 Å². The minimum atomic E-state index is -0.954. The molecule has 2 aliphatic rings. The van der Waals surface area contributed by atoms with Crippen molar-refractivity contribution in [2.24, 2.45) is 0 Å². The van der Waals surface area contributed by atoms with E-state index in [0.717, 1.165) is 42.5 Å². The first-order chi connectivity index (χ1) is 17.6. The predicted molar refractivity (Wildman–Crippen MR) is 141 cm³/mol. The molecule has 1 saturated heterocycles. The number of aromatic nitrogens is 2. The number of nitrogens with one attached hydrogen (secondary N) is 1. The Bertz CT molecular complexity index is 1180. The maximum atomic E-state index is 13.1. The van der Waals surface area contributed by atoms with E-state index < -0.39 is 10.8 Å². The Labute approximate surface area is 215 Å². The highest BCUT2D eigenvalue weighted by Crippen LogP contribution is 2.30. The highest BCUT2D eigenvalue weighted by atomic mass is 32.2. The fraction of sp³-hybridized carbons (Fsp3) is 0.464. The van der Waals surface area contributed by atoms with E-state index in [1.165, 1.54) is 25.9 Å². The molecule has 0 spiro atoms. The summed E-state index contributed by atoms with van der Waals surface area (Å²) in [6.45, 7) is 4.77. The van der Waals surface area contributed by atoms with Gasteiger partial charge in [-0.15, -0.1) is 0 Å². The van der Waals surface area contributed by atoms with Crippen LogP contribution in [0.5, 0.6) is 0 Å². The molecule has 0 bridgehead atoms. The van der Waals surface area contributed by atoms with E-state index >= 15 is 0 Å². The molecule has 7 nitrogen and oxygen atoms in total. The Morgan fingerprint density at radius 1 is 1.11 bits per heavy atom. The molecule has 190 valence electrons. The third-order valence-corrected chi connectivity index (χ3v) is 9.19. The zero-order chi connectivity index (χ0) is 24.9. The number of likely N-dealkylation sites (tertiary alicyclic amines) is 1. The van der Waals surface area contributed by atoms with Crippen LogP contribution in [0.2, 0.25) is 0 Å². The Hall–Kier alpha value is -2.84. The molecule has 2 aromatic heterocycles. The van der Waals surface area contributed by atoms with Gasteiger partial charge in [-0.1, -0.05) is 6.07 Å². The molecule has 1 aliphatic carbocycles. The summed E-state index contributed by atoms with van der Waals surface area (Å²) in [6.07, 6.45) is 10.5. The van der Waals surface area contributed by atoms with Gasteiger partial charge in [-0.25, -0.2) is 4.98 Å². The number of aryl methyl sites for hydroxylation is 1. The van der Waals surface area contributed by atoms with Gasteiger partial charge in [-0.2, -0.15) is 0 Å². The lowest BCUT2D eigenvalue weighted by atomic mass is 9.94. The van der Waals surface area contributed by atoms with E-state index in [1.54, 1.807) is 24.5 Å². The molecule has 1 N–H and O–H groups in total. The van der Waals surface area contributed by atoms with Crippen molar-refractivity contribution in [1.29, 1.82) is 0 Å². The number of rotatable bonds is 8. The third-order valence-electron chi connectivity index (χ3n) is 7.41. The highest BCUT2D eigenvalue weighted by Gasteiger charge is 2.30. The molecule has 3 aromatic rings. The smallest absolute Gasteiger partial charge is 0.251 e. The van der Waals surface area contributed by atoms with Gasteiger partial charge in [0, 0.05) is 52.2 Å². The second-order valence-corrected chi connectivity index (χ2v) is 11.6. The molecule has 36 heavy (non-hydrogen) atoms. The average Bonchev–Trinajstić information content (AvgIpc) is 3.58. The summed E-state index contributed by atoms with van der Waals surface area (Å²) in [5.41, 5.74) is 3.08. The number of pyridine rings is 1. The van der Waals surface area contributed by atoms with Gasteiger partial charge in [0.2, 0.25) is 5.89 Å². The van der Waals surface area contributed by atoms with E-state index in [4.69, 9.17) is 4.42 Å². The zero-order valence-electron chi connectivity index (χ0n) is 20.8.